The molecule has 14 nitrogen and oxygen atoms in total. The number of carbonyl (C=O) groups excluding carboxylic acids is 4. The van der Waals surface area contributed by atoms with Gasteiger partial charge in [-0.2, -0.15) is 0 Å². The van der Waals surface area contributed by atoms with Crippen LogP contribution >= 0.6 is 0 Å². The predicted molar refractivity (Wildman–Crippen MR) is 219 cm³/mol. The lowest BCUT2D eigenvalue weighted by Gasteiger charge is -2.61. The number of ether oxygens (including phenoxy) is 4. The topological polar surface area (TPSA) is 174 Å². The minimum atomic E-state index is -2.52. The standard InChI is InChI=1S/C46H56N4O10/c1-7-42(55)22-28-23-45(40(53)58-5,36-30(14-18-48(24-28)25-42)29-12-9-10-13-33(29)47-36)32-20-31-34(21-35(32)57-4)50(26-51)38-44(31)16-19-49-17-11-15-43(8-2,37(44)49)39(60-27(3)52)46(38,56)41(54)59-6/h9-13,15,20-21,26,28,37-39,47,55-56H,7-8,14,16-19,22-25H2,1-6H3/p+2/t28-,37+,38-,39-,42+,43-,44-,45+,46+/m1/s1. The first kappa shape index (κ1) is 40.6. The van der Waals surface area contributed by atoms with Crippen molar-refractivity contribution < 1.29 is 58.1 Å². The molecule has 6 aliphatic rings. The van der Waals surface area contributed by atoms with Gasteiger partial charge in [-0.1, -0.05) is 38.1 Å². The highest BCUT2D eigenvalue weighted by atomic mass is 16.6. The molecule has 1 aliphatic carbocycles. The number of aromatic amines is 1. The molecule has 2 bridgehead atoms. The predicted octanol–water partition coefficient (Wildman–Crippen LogP) is 0.683. The first-order valence-corrected chi connectivity index (χ1v) is 21.5. The van der Waals surface area contributed by atoms with Crippen molar-refractivity contribution in [2.45, 2.75) is 99.5 Å². The number of hydrogen-bond donors (Lipinski definition) is 5. The van der Waals surface area contributed by atoms with Crippen LogP contribution < -0.4 is 19.4 Å². The molecule has 9 rings (SSSR count). The van der Waals surface area contributed by atoms with E-state index in [2.05, 4.69) is 11.1 Å². The third-order valence-corrected chi connectivity index (χ3v) is 15.9. The van der Waals surface area contributed by atoms with E-state index in [1.807, 2.05) is 50.3 Å². The van der Waals surface area contributed by atoms with Gasteiger partial charge in [0.25, 0.3) is 0 Å². The van der Waals surface area contributed by atoms with E-state index in [4.69, 9.17) is 18.9 Å². The Bertz CT molecular complexity index is 2310. The summed E-state index contributed by atoms with van der Waals surface area (Å²) in [5.41, 5.74) is -2.88. The molecule has 1 aromatic heterocycles. The van der Waals surface area contributed by atoms with Gasteiger partial charge in [0.1, 0.15) is 29.4 Å². The van der Waals surface area contributed by atoms with E-state index in [1.165, 1.54) is 43.0 Å². The van der Waals surface area contributed by atoms with Crippen molar-refractivity contribution in [3.63, 3.8) is 0 Å². The van der Waals surface area contributed by atoms with Crippen LogP contribution in [0.3, 0.4) is 0 Å². The Morgan fingerprint density at radius 2 is 1.77 bits per heavy atom. The average Bonchev–Trinajstić information content (AvgIpc) is 3.92. The van der Waals surface area contributed by atoms with Crippen LogP contribution in [0.2, 0.25) is 0 Å². The van der Waals surface area contributed by atoms with E-state index in [9.17, 15) is 24.6 Å². The van der Waals surface area contributed by atoms with Crippen molar-refractivity contribution in [2.24, 2.45) is 11.3 Å². The fourth-order valence-corrected chi connectivity index (χ4v) is 13.8. The molecule has 1 amide bonds. The number of nitrogens with zero attached hydrogens (tertiary/aromatic N) is 1. The Morgan fingerprint density at radius 3 is 2.45 bits per heavy atom. The van der Waals surface area contributed by atoms with Gasteiger partial charge in [-0.05, 0) is 55.0 Å². The van der Waals surface area contributed by atoms with Crippen molar-refractivity contribution in [3.05, 3.63) is 70.9 Å². The molecule has 11 atom stereocenters. The summed E-state index contributed by atoms with van der Waals surface area (Å²) >= 11 is 0. The Hall–Kier alpha value is -4.76. The highest BCUT2D eigenvalue weighted by Gasteiger charge is 2.83. The summed E-state index contributed by atoms with van der Waals surface area (Å²) in [5.74, 6) is -1.97. The smallest absolute Gasteiger partial charge is 0.344 e. The lowest BCUT2D eigenvalue weighted by molar-refractivity contribution is -0.920. The quantitative estimate of drug-likeness (QED) is 0.0942. The summed E-state index contributed by atoms with van der Waals surface area (Å²) in [5, 5.41) is 26.3. The molecule has 3 fully saturated rings. The molecular formula is C46H58N4O10+2. The van der Waals surface area contributed by atoms with Gasteiger partial charge < -0.3 is 48.8 Å². The molecule has 320 valence electrons. The maximum atomic E-state index is 15.3. The fourth-order valence-electron chi connectivity index (χ4n) is 13.8. The van der Waals surface area contributed by atoms with Crippen LogP contribution in [-0.4, -0.2) is 123 Å². The number of amides is 1. The molecule has 1 spiro atoms. The van der Waals surface area contributed by atoms with Crippen molar-refractivity contribution in [1.29, 1.82) is 0 Å². The summed E-state index contributed by atoms with van der Waals surface area (Å²) in [6, 6.07) is 10.2. The number of rotatable bonds is 8. The number of benzene rings is 2. The monoisotopic (exact) mass is 826 g/mol. The minimum Gasteiger partial charge on any atom is -0.496 e. The Labute approximate surface area is 349 Å². The number of para-hydroxylation sites is 1. The third-order valence-electron chi connectivity index (χ3n) is 15.9. The number of H-pyrrole nitrogens is 1. The number of aliphatic hydroxyl groups is 2. The van der Waals surface area contributed by atoms with E-state index in [-0.39, 0.29) is 18.4 Å². The maximum absolute atomic E-state index is 15.3. The lowest BCUT2D eigenvalue weighted by atomic mass is 9.47. The summed E-state index contributed by atoms with van der Waals surface area (Å²) in [6.45, 7) is 8.63. The SMILES string of the molecule is CC[C@]1(O)C[C@H]2C[NH+](CCc3c([nH]c4ccccc34)[C@@](C(=O)OC)(c3cc4c(cc3OC)N(C=O)[C@H]3[C@@](O)(C(=O)OC)[C@H](OC(C)=O)[C@]5(CC)C=CC[NH+]6CC[C@]43[C@@H]65)C2)C1. The van der Waals surface area contributed by atoms with Crippen LogP contribution in [0.1, 0.15) is 75.3 Å². The number of anilines is 1. The van der Waals surface area contributed by atoms with Gasteiger partial charge in [0.15, 0.2) is 6.10 Å². The first-order valence-electron chi connectivity index (χ1n) is 21.5. The summed E-state index contributed by atoms with van der Waals surface area (Å²) in [6.07, 6.45) is 6.11. The number of esters is 3. The van der Waals surface area contributed by atoms with Crippen LogP contribution in [0.15, 0.2) is 48.6 Å². The van der Waals surface area contributed by atoms with Crippen LogP contribution in [-0.2, 0) is 50.6 Å². The van der Waals surface area contributed by atoms with Crippen molar-refractivity contribution >= 4 is 40.9 Å². The number of aromatic nitrogens is 1. The summed E-state index contributed by atoms with van der Waals surface area (Å²) in [7, 11) is 4.11. The largest absolute Gasteiger partial charge is 0.496 e. The van der Waals surface area contributed by atoms with Gasteiger partial charge in [-0.3, -0.25) is 14.4 Å². The Balaban J connectivity index is 1.38. The number of fused-ring (bicyclic) bond motifs is 6. The van der Waals surface area contributed by atoms with E-state index in [1.54, 1.807) is 6.07 Å². The summed E-state index contributed by atoms with van der Waals surface area (Å²) < 4.78 is 23.7. The molecule has 5 aliphatic heterocycles. The first-order chi connectivity index (χ1) is 28.8. The van der Waals surface area contributed by atoms with Crippen LogP contribution in [0.4, 0.5) is 5.69 Å². The van der Waals surface area contributed by atoms with Gasteiger partial charge in [0.05, 0.1) is 70.1 Å². The number of carbonyl (C=O) groups is 4. The molecule has 2 unspecified atom stereocenters. The molecule has 14 heteroatoms. The molecule has 2 aromatic carbocycles. The molecule has 0 radical (unpaired) electrons. The number of piperidine rings is 1. The zero-order valence-corrected chi connectivity index (χ0v) is 35.4. The van der Waals surface area contributed by atoms with E-state index < -0.39 is 57.5 Å². The van der Waals surface area contributed by atoms with Crippen molar-refractivity contribution in [3.8, 4) is 5.75 Å². The Kier molecular flexibility index (Phi) is 9.58. The van der Waals surface area contributed by atoms with Crippen LogP contribution in [0.25, 0.3) is 10.9 Å². The number of methoxy groups -OCH3 is 3. The lowest BCUT2D eigenvalue weighted by Crippen LogP contribution is -3.18. The van der Waals surface area contributed by atoms with E-state index in [0.717, 1.165) is 29.6 Å². The van der Waals surface area contributed by atoms with Crippen LogP contribution in [0.5, 0.6) is 5.75 Å². The second kappa shape index (κ2) is 14.1. The van der Waals surface area contributed by atoms with Gasteiger partial charge in [-0.25, -0.2) is 4.79 Å². The number of nitrogens with one attached hydrogen (secondary N) is 3. The average molecular weight is 827 g/mol. The second-order valence-electron chi connectivity index (χ2n) is 18.4. The second-order valence-corrected chi connectivity index (χ2v) is 18.4. The fraction of sp³-hybridized carbons (Fsp3) is 0.565. The normalized spacial score (nSPS) is 37.4. The van der Waals surface area contributed by atoms with E-state index >= 15 is 4.79 Å². The molecular weight excluding hydrogens is 769 g/mol. The van der Waals surface area contributed by atoms with Gasteiger partial charge in [0, 0.05) is 53.9 Å². The highest BCUT2D eigenvalue weighted by molar-refractivity contribution is 5.96. The molecule has 5 N–H and O–H groups in total. The summed E-state index contributed by atoms with van der Waals surface area (Å²) in [4.78, 5) is 64.1. The third kappa shape index (κ3) is 5.19. The molecule has 2 saturated heterocycles. The van der Waals surface area contributed by atoms with Gasteiger partial charge in [0.2, 0.25) is 12.0 Å². The Morgan fingerprint density at radius 1 is 1.00 bits per heavy atom. The zero-order chi connectivity index (χ0) is 42.6. The zero-order valence-electron chi connectivity index (χ0n) is 35.4. The van der Waals surface area contributed by atoms with Gasteiger partial charge >= 0.3 is 17.9 Å². The van der Waals surface area contributed by atoms with Crippen LogP contribution in [0, 0.1) is 11.3 Å². The van der Waals surface area contributed by atoms with Gasteiger partial charge in [-0.15, -0.1) is 0 Å². The minimum absolute atomic E-state index is 0.114. The van der Waals surface area contributed by atoms with Crippen molar-refractivity contribution in [2.75, 3.05) is 59.0 Å². The van der Waals surface area contributed by atoms with E-state index in [0.29, 0.717) is 86.4 Å². The molecule has 60 heavy (non-hydrogen) atoms. The number of hydrogen-bond acceptors (Lipinski definition) is 10. The molecule has 1 saturated carbocycles. The number of quaternary nitrogens is 2. The highest BCUT2D eigenvalue weighted by Crippen LogP contribution is 2.65. The molecule has 3 aromatic rings. The maximum Gasteiger partial charge on any atom is 0.344 e. The molecule has 6 heterocycles. The van der Waals surface area contributed by atoms with Crippen molar-refractivity contribution in [1.82, 2.24) is 4.98 Å².